The number of nitrogens with one attached hydrogen (secondary N) is 1. The molecule has 0 fully saturated rings. The highest BCUT2D eigenvalue weighted by Gasteiger charge is 2.20. The fraction of sp³-hybridized carbons (Fsp3) is 0.167. The number of aliphatic carboxylic acids is 1. The molecule has 4 nitrogen and oxygen atoms in total. The Balaban J connectivity index is 2.86. The molecule has 96 valence electrons. The van der Waals surface area contributed by atoms with Gasteiger partial charge in [0.05, 0.1) is 10.6 Å². The molecule has 1 aromatic rings. The number of carbonyl (C=O) groups is 2. The molecule has 1 atom stereocenters. The molecule has 1 unspecified atom stereocenters. The first kappa shape index (κ1) is 14.5. The van der Waals surface area contributed by atoms with Gasteiger partial charge in [-0.05, 0) is 24.6 Å². The van der Waals surface area contributed by atoms with Gasteiger partial charge in [-0.15, -0.1) is 6.58 Å². The second kappa shape index (κ2) is 6.42. The van der Waals surface area contributed by atoms with Crippen LogP contribution in [0.2, 0.25) is 10.0 Å². The summed E-state index contributed by atoms with van der Waals surface area (Å²) in [6.45, 7) is 3.43. The zero-order valence-electron chi connectivity index (χ0n) is 9.32. The molecule has 0 saturated carbocycles. The molecule has 0 aromatic heterocycles. The summed E-state index contributed by atoms with van der Waals surface area (Å²) < 4.78 is 0. The van der Waals surface area contributed by atoms with E-state index in [9.17, 15) is 9.59 Å². The minimum Gasteiger partial charge on any atom is -0.480 e. The third-order valence-corrected chi connectivity index (χ3v) is 2.73. The van der Waals surface area contributed by atoms with Crippen LogP contribution in [0.4, 0.5) is 0 Å². The summed E-state index contributed by atoms with van der Waals surface area (Å²) in [6, 6.07) is 3.33. The van der Waals surface area contributed by atoms with Crippen molar-refractivity contribution in [3.05, 3.63) is 46.5 Å². The van der Waals surface area contributed by atoms with Crippen molar-refractivity contribution < 1.29 is 14.7 Å². The molecule has 1 amide bonds. The topological polar surface area (TPSA) is 66.4 Å². The molecule has 18 heavy (non-hydrogen) atoms. The molecule has 0 saturated heterocycles. The Labute approximate surface area is 114 Å². The Kier molecular flexibility index (Phi) is 5.19. The van der Waals surface area contributed by atoms with Crippen LogP contribution >= 0.6 is 23.2 Å². The molecule has 1 rings (SSSR count). The van der Waals surface area contributed by atoms with E-state index in [-0.39, 0.29) is 17.0 Å². The number of carboxylic acids is 1. The fourth-order valence-corrected chi connectivity index (χ4v) is 1.79. The van der Waals surface area contributed by atoms with E-state index in [1.807, 2.05) is 0 Å². The van der Waals surface area contributed by atoms with Crippen molar-refractivity contribution >= 4 is 35.1 Å². The quantitative estimate of drug-likeness (QED) is 0.819. The van der Waals surface area contributed by atoms with Gasteiger partial charge in [-0.2, -0.15) is 0 Å². The number of benzene rings is 1. The summed E-state index contributed by atoms with van der Waals surface area (Å²) in [4.78, 5) is 22.7. The van der Waals surface area contributed by atoms with Crippen LogP contribution in [0.3, 0.4) is 0 Å². The summed E-state index contributed by atoms with van der Waals surface area (Å²) in [5, 5.41) is 11.8. The normalized spacial score (nSPS) is 11.7. The Morgan fingerprint density at radius 3 is 2.61 bits per heavy atom. The van der Waals surface area contributed by atoms with Gasteiger partial charge >= 0.3 is 5.97 Å². The molecule has 0 radical (unpaired) electrons. The van der Waals surface area contributed by atoms with Gasteiger partial charge in [0.15, 0.2) is 0 Å². The Morgan fingerprint density at radius 1 is 1.44 bits per heavy atom. The maximum absolute atomic E-state index is 11.8. The van der Waals surface area contributed by atoms with E-state index >= 15 is 0 Å². The van der Waals surface area contributed by atoms with Crippen molar-refractivity contribution in [3.63, 3.8) is 0 Å². The third-order valence-electron chi connectivity index (χ3n) is 2.18. The van der Waals surface area contributed by atoms with Crippen LogP contribution < -0.4 is 5.32 Å². The lowest BCUT2D eigenvalue weighted by Gasteiger charge is -2.13. The first-order valence-corrected chi connectivity index (χ1v) is 5.81. The number of hydrogen-bond donors (Lipinski definition) is 2. The van der Waals surface area contributed by atoms with Crippen molar-refractivity contribution in [3.8, 4) is 0 Å². The Hall–Kier alpha value is -1.52. The molecule has 0 spiro atoms. The second-order valence-corrected chi connectivity index (χ2v) is 4.36. The van der Waals surface area contributed by atoms with Crippen LogP contribution in [0.25, 0.3) is 0 Å². The summed E-state index contributed by atoms with van der Waals surface area (Å²) in [5.41, 5.74) is 0.177. The highest BCUT2D eigenvalue weighted by Crippen LogP contribution is 2.21. The Morgan fingerprint density at radius 2 is 2.11 bits per heavy atom. The van der Waals surface area contributed by atoms with Gasteiger partial charge in [-0.25, -0.2) is 4.79 Å². The standard InChI is InChI=1S/C12H11Cl2NO3/c1-2-3-10(12(17)18)15-11(16)8-5-4-7(13)6-9(8)14/h2,4-6,10H,1,3H2,(H,15,16)(H,17,18). The van der Waals surface area contributed by atoms with Gasteiger partial charge in [0.25, 0.3) is 5.91 Å². The van der Waals surface area contributed by atoms with Crippen LogP contribution in [0.5, 0.6) is 0 Å². The van der Waals surface area contributed by atoms with Crippen LogP contribution in [-0.2, 0) is 4.79 Å². The zero-order valence-corrected chi connectivity index (χ0v) is 10.8. The molecule has 1 aromatic carbocycles. The summed E-state index contributed by atoms with van der Waals surface area (Å²) in [5.74, 6) is -1.70. The number of carboxylic acid groups (broad SMARTS) is 1. The van der Waals surface area contributed by atoms with Crippen molar-refractivity contribution in [1.82, 2.24) is 5.32 Å². The third kappa shape index (κ3) is 3.75. The van der Waals surface area contributed by atoms with Gasteiger partial charge in [-0.1, -0.05) is 29.3 Å². The van der Waals surface area contributed by atoms with Crippen LogP contribution in [0.15, 0.2) is 30.9 Å². The highest BCUT2D eigenvalue weighted by molar-refractivity contribution is 6.36. The number of halogens is 2. The average molecular weight is 288 g/mol. The number of rotatable bonds is 5. The number of carbonyl (C=O) groups excluding carboxylic acids is 1. The first-order valence-electron chi connectivity index (χ1n) is 5.05. The van der Waals surface area contributed by atoms with E-state index in [1.165, 1.54) is 24.3 Å². The minimum absolute atomic E-state index is 0.131. The van der Waals surface area contributed by atoms with Crippen LogP contribution in [0.1, 0.15) is 16.8 Å². The van der Waals surface area contributed by atoms with E-state index in [2.05, 4.69) is 11.9 Å². The van der Waals surface area contributed by atoms with Gasteiger partial charge < -0.3 is 10.4 Å². The smallest absolute Gasteiger partial charge is 0.326 e. The summed E-state index contributed by atoms with van der Waals surface area (Å²) in [7, 11) is 0. The van der Waals surface area contributed by atoms with E-state index < -0.39 is 17.9 Å². The molecule has 0 aliphatic rings. The predicted molar refractivity (Wildman–Crippen MR) is 70.2 cm³/mol. The van der Waals surface area contributed by atoms with Gasteiger partial charge in [0.2, 0.25) is 0 Å². The van der Waals surface area contributed by atoms with Gasteiger partial charge in [0, 0.05) is 5.02 Å². The molecule has 0 bridgehead atoms. The molecule has 0 heterocycles. The van der Waals surface area contributed by atoms with Crippen molar-refractivity contribution in [2.24, 2.45) is 0 Å². The lowest BCUT2D eigenvalue weighted by Crippen LogP contribution is -2.40. The zero-order chi connectivity index (χ0) is 13.7. The maximum atomic E-state index is 11.8. The Bertz CT molecular complexity index is 488. The van der Waals surface area contributed by atoms with Crippen LogP contribution in [-0.4, -0.2) is 23.0 Å². The maximum Gasteiger partial charge on any atom is 0.326 e. The molecular formula is C12H11Cl2NO3. The van der Waals surface area contributed by atoms with Gasteiger partial charge in [0.1, 0.15) is 6.04 Å². The van der Waals surface area contributed by atoms with E-state index in [0.717, 1.165) is 0 Å². The fourth-order valence-electron chi connectivity index (χ4n) is 1.30. The molecular weight excluding hydrogens is 277 g/mol. The van der Waals surface area contributed by atoms with E-state index in [1.54, 1.807) is 0 Å². The first-order chi connectivity index (χ1) is 8.45. The monoisotopic (exact) mass is 287 g/mol. The van der Waals surface area contributed by atoms with Crippen molar-refractivity contribution in [1.29, 1.82) is 0 Å². The summed E-state index contributed by atoms with van der Waals surface area (Å²) >= 11 is 11.6. The van der Waals surface area contributed by atoms with Crippen molar-refractivity contribution in [2.75, 3.05) is 0 Å². The highest BCUT2D eigenvalue weighted by atomic mass is 35.5. The molecule has 2 N–H and O–H groups in total. The SMILES string of the molecule is C=CCC(NC(=O)c1ccc(Cl)cc1Cl)C(=O)O. The van der Waals surface area contributed by atoms with Gasteiger partial charge in [-0.3, -0.25) is 4.79 Å². The second-order valence-electron chi connectivity index (χ2n) is 3.51. The van der Waals surface area contributed by atoms with Crippen LogP contribution in [0, 0.1) is 0 Å². The minimum atomic E-state index is -1.13. The van der Waals surface area contributed by atoms with E-state index in [0.29, 0.717) is 5.02 Å². The van der Waals surface area contributed by atoms with Crippen molar-refractivity contribution in [2.45, 2.75) is 12.5 Å². The van der Waals surface area contributed by atoms with E-state index in [4.69, 9.17) is 28.3 Å². The largest absolute Gasteiger partial charge is 0.480 e. The average Bonchev–Trinajstić information content (AvgIpc) is 2.27. The molecule has 0 aliphatic heterocycles. The molecule has 6 heteroatoms. The lowest BCUT2D eigenvalue weighted by atomic mass is 10.1. The number of amides is 1. The number of hydrogen-bond acceptors (Lipinski definition) is 2. The summed E-state index contributed by atoms with van der Waals surface area (Å²) in [6.07, 6.45) is 1.55. The predicted octanol–water partition coefficient (Wildman–Crippen LogP) is 2.75. The lowest BCUT2D eigenvalue weighted by molar-refractivity contribution is -0.139. The molecule has 0 aliphatic carbocycles.